The lowest BCUT2D eigenvalue weighted by molar-refractivity contribution is 0.103. The second kappa shape index (κ2) is 7.88. The molecular formula is C24H26N4O4. The summed E-state index contributed by atoms with van der Waals surface area (Å²) in [4.78, 5) is 20.5. The lowest BCUT2D eigenvalue weighted by Crippen LogP contribution is -2.47. The molecule has 1 N–H and O–H groups in total. The van der Waals surface area contributed by atoms with Crippen molar-refractivity contribution in [3.8, 4) is 11.3 Å². The molecular weight excluding hydrogens is 408 g/mol. The minimum Gasteiger partial charge on any atom is -0.395 e. The molecule has 6 rings (SSSR count). The van der Waals surface area contributed by atoms with Crippen molar-refractivity contribution in [2.75, 3.05) is 75.4 Å². The quantitative estimate of drug-likeness (QED) is 0.522. The molecule has 2 aliphatic heterocycles. The summed E-state index contributed by atoms with van der Waals surface area (Å²) in [6, 6.07) is 9.75. The number of aliphatic hydroxyl groups excluding tert-OH is 1. The number of piperazine rings is 1. The number of hydrogen-bond acceptors (Lipinski definition) is 8. The molecule has 2 saturated heterocycles. The summed E-state index contributed by atoms with van der Waals surface area (Å²) < 4.78 is 11.5. The highest BCUT2D eigenvalue weighted by Gasteiger charge is 2.35. The highest BCUT2D eigenvalue weighted by Crippen LogP contribution is 2.46. The molecule has 0 atom stereocenters. The van der Waals surface area contributed by atoms with Crippen LogP contribution in [0.1, 0.15) is 15.9 Å². The van der Waals surface area contributed by atoms with E-state index in [1.54, 1.807) is 0 Å². The van der Waals surface area contributed by atoms with Gasteiger partial charge in [0.2, 0.25) is 0 Å². The Bertz CT molecular complexity index is 1180. The normalized spacial score (nSPS) is 19.0. The number of ketones is 1. The van der Waals surface area contributed by atoms with E-state index in [0.29, 0.717) is 36.6 Å². The highest BCUT2D eigenvalue weighted by molar-refractivity contribution is 6.28. The first kappa shape index (κ1) is 19.7. The average molecular weight is 434 g/mol. The molecule has 3 aromatic rings. The van der Waals surface area contributed by atoms with Crippen LogP contribution in [-0.4, -0.2) is 86.6 Å². The predicted octanol–water partition coefficient (Wildman–Crippen LogP) is 1.99. The summed E-state index contributed by atoms with van der Waals surface area (Å²) in [7, 11) is 0. The maximum absolute atomic E-state index is 13.7. The van der Waals surface area contributed by atoms with Crippen molar-refractivity contribution < 1.29 is 19.2 Å². The van der Waals surface area contributed by atoms with Crippen LogP contribution < -0.4 is 9.80 Å². The van der Waals surface area contributed by atoms with Crippen LogP contribution in [0.2, 0.25) is 0 Å². The van der Waals surface area contributed by atoms with E-state index in [1.807, 2.05) is 24.3 Å². The van der Waals surface area contributed by atoms with Crippen molar-refractivity contribution in [3.05, 3.63) is 41.5 Å². The van der Waals surface area contributed by atoms with Crippen LogP contribution in [0.5, 0.6) is 0 Å². The molecule has 3 heterocycles. The molecule has 32 heavy (non-hydrogen) atoms. The Labute approximate surface area is 185 Å². The van der Waals surface area contributed by atoms with Gasteiger partial charge in [0.1, 0.15) is 5.52 Å². The van der Waals surface area contributed by atoms with Crippen molar-refractivity contribution in [2.45, 2.75) is 0 Å². The van der Waals surface area contributed by atoms with E-state index in [2.05, 4.69) is 25.9 Å². The third kappa shape index (κ3) is 3.02. The maximum Gasteiger partial charge on any atom is 0.196 e. The fraction of sp³-hybridized carbons (Fsp3) is 0.417. The first-order chi connectivity index (χ1) is 15.8. The SMILES string of the molecule is O=C1c2ccccc2-c2onc3c(N4CCN(CCO)CC4)cc(N4CCOCC4)c1c23. The number of rotatable bonds is 4. The Morgan fingerprint density at radius 1 is 0.938 bits per heavy atom. The van der Waals surface area contributed by atoms with Crippen LogP contribution in [0.25, 0.3) is 22.2 Å². The zero-order valence-corrected chi connectivity index (χ0v) is 17.9. The van der Waals surface area contributed by atoms with Gasteiger partial charge in [-0.25, -0.2) is 0 Å². The van der Waals surface area contributed by atoms with Crippen LogP contribution in [-0.2, 0) is 4.74 Å². The van der Waals surface area contributed by atoms with Gasteiger partial charge in [-0.15, -0.1) is 0 Å². The van der Waals surface area contributed by atoms with Crippen molar-refractivity contribution in [1.29, 1.82) is 0 Å². The van der Waals surface area contributed by atoms with E-state index in [-0.39, 0.29) is 12.4 Å². The van der Waals surface area contributed by atoms with Gasteiger partial charge in [0.25, 0.3) is 0 Å². The number of benzene rings is 2. The van der Waals surface area contributed by atoms with E-state index in [1.165, 1.54) is 0 Å². The third-order valence-corrected chi connectivity index (χ3v) is 6.84. The monoisotopic (exact) mass is 434 g/mol. The van der Waals surface area contributed by atoms with Gasteiger partial charge < -0.3 is 24.2 Å². The summed E-state index contributed by atoms with van der Waals surface area (Å²) in [5, 5.41) is 14.6. The van der Waals surface area contributed by atoms with Gasteiger partial charge in [-0.2, -0.15) is 0 Å². The van der Waals surface area contributed by atoms with Gasteiger partial charge >= 0.3 is 0 Å². The molecule has 8 heteroatoms. The standard InChI is InChI=1S/C24H26N4O4/c29-12-9-26-5-7-27(8-6-26)19-15-18(28-10-13-31-14-11-28)20-21-22(19)25-32-24(21)17-4-2-1-3-16(17)23(20)30/h1-4,15,29H,5-14H2. The van der Waals surface area contributed by atoms with Gasteiger partial charge in [0, 0.05) is 56.9 Å². The lowest BCUT2D eigenvalue weighted by atomic mass is 9.86. The fourth-order valence-corrected chi connectivity index (χ4v) is 5.17. The summed E-state index contributed by atoms with van der Waals surface area (Å²) in [6.07, 6.45) is 0. The number of morpholine rings is 1. The first-order valence-corrected chi connectivity index (χ1v) is 11.3. The Kier molecular flexibility index (Phi) is 4.86. The number of carbonyl (C=O) groups is 1. The number of β-amino-alcohol motifs (C(OH)–C–C–N with tert-alkyl or cyclic N) is 1. The number of aromatic nitrogens is 1. The number of carbonyl (C=O) groups excluding carboxylic acids is 1. The van der Waals surface area contributed by atoms with E-state index < -0.39 is 0 Å². The molecule has 3 aliphatic rings. The fourth-order valence-electron chi connectivity index (χ4n) is 5.17. The second-order valence-electron chi connectivity index (χ2n) is 8.55. The molecule has 166 valence electrons. The first-order valence-electron chi connectivity index (χ1n) is 11.3. The van der Waals surface area contributed by atoms with Gasteiger partial charge in [0.05, 0.1) is 42.1 Å². The van der Waals surface area contributed by atoms with E-state index >= 15 is 0 Å². The second-order valence-corrected chi connectivity index (χ2v) is 8.55. The molecule has 2 aromatic carbocycles. The molecule has 0 radical (unpaired) electrons. The number of nitrogens with zero attached hydrogens (tertiary/aromatic N) is 4. The summed E-state index contributed by atoms with van der Waals surface area (Å²) >= 11 is 0. The van der Waals surface area contributed by atoms with Crippen LogP contribution in [0.3, 0.4) is 0 Å². The summed E-state index contributed by atoms with van der Waals surface area (Å²) in [6.45, 7) is 7.09. The van der Waals surface area contributed by atoms with Crippen molar-refractivity contribution in [1.82, 2.24) is 10.1 Å². The van der Waals surface area contributed by atoms with Crippen LogP contribution >= 0.6 is 0 Å². The Hall–Kier alpha value is -2.94. The van der Waals surface area contributed by atoms with Crippen LogP contribution in [0.15, 0.2) is 34.9 Å². The molecule has 0 bridgehead atoms. The lowest BCUT2D eigenvalue weighted by Gasteiger charge is -2.37. The molecule has 0 unspecified atom stereocenters. The molecule has 0 spiro atoms. The number of ether oxygens (including phenoxy) is 1. The average Bonchev–Trinajstić information content (AvgIpc) is 3.29. The summed E-state index contributed by atoms with van der Waals surface area (Å²) in [5.74, 6) is 0.711. The van der Waals surface area contributed by atoms with Crippen molar-refractivity contribution >= 4 is 28.1 Å². The predicted molar refractivity (Wildman–Crippen MR) is 122 cm³/mol. The zero-order valence-electron chi connectivity index (χ0n) is 17.9. The van der Waals surface area contributed by atoms with Gasteiger partial charge in [-0.05, 0) is 6.07 Å². The third-order valence-electron chi connectivity index (χ3n) is 6.84. The molecule has 8 nitrogen and oxygen atoms in total. The van der Waals surface area contributed by atoms with Crippen molar-refractivity contribution in [2.24, 2.45) is 0 Å². The van der Waals surface area contributed by atoms with E-state index in [9.17, 15) is 9.90 Å². The van der Waals surface area contributed by atoms with E-state index in [4.69, 9.17) is 9.26 Å². The highest BCUT2D eigenvalue weighted by atomic mass is 16.5. The summed E-state index contributed by atoms with van der Waals surface area (Å²) in [5.41, 5.74) is 4.88. The zero-order chi connectivity index (χ0) is 21.7. The topological polar surface area (TPSA) is 82.3 Å². The number of hydrogen-bond donors (Lipinski definition) is 1. The van der Waals surface area contributed by atoms with Gasteiger partial charge in [-0.1, -0.05) is 29.4 Å². The molecule has 0 amide bonds. The minimum atomic E-state index is 0.0297. The number of anilines is 2. The van der Waals surface area contributed by atoms with E-state index in [0.717, 1.165) is 67.1 Å². The Balaban J connectivity index is 1.52. The minimum absolute atomic E-state index is 0.0297. The maximum atomic E-state index is 13.7. The molecule has 2 fully saturated rings. The van der Waals surface area contributed by atoms with Crippen molar-refractivity contribution in [3.63, 3.8) is 0 Å². The molecule has 0 saturated carbocycles. The van der Waals surface area contributed by atoms with Gasteiger partial charge in [-0.3, -0.25) is 9.69 Å². The molecule has 1 aromatic heterocycles. The smallest absolute Gasteiger partial charge is 0.196 e. The van der Waals surface area contributed by atoms with Crippen LogP contribution in [0.4, 0.5) is 11.4 Å². The molecule has 1 aliphatic carbocycles. The Morgan fingerprint density at radius 3 is 2.41 bits per heavy atom. The Morgan fingerprint density at radius 2 is 1.66 bits per heavy atom. The number of fused-ring (bicyclic) bond motifs is 2. The van der Waals surface area contributed by atoms with Crippen LogP contribution in [0, 0.1) is 0 Å². The largest absolute Gasteiger partial charge is 0.395 e. The number of aliphatic hydroxyl groups is 1. The van der Waals surface area contributed by atoms with Gasteiger partial charge in [0.15, 0.2) is 11.5 Å².